The van der Waals surface area contributed by atoms with Gasteiger partial charge in [0.1, 0.15) is 17.8 Å². The second-order valence-electron chi connectivity index (χ2n) is 5.85. The standard InChI is InChI=1S/C22H20N2O4/c1-4-16(22(25)26-3)17-10-6-8-12-19(17)28-21-13-20(23-14-24-21)27-18-11-7-5-9-15(18)2/h4-14H,1-3H3/b16-4+. The molecule has 0 saturated heterocycles. The minimum Gasteiger partial charge on any atom is -0.465 e. The van der Waals surface area contributed by atoms with Gasteiger partial charge in [-0.05, 0) is 31.5 Å². The van der Waals surface area contributed by atoms with Crippen LogP contribution in [0.4, 0.5) is 0 Å². The maximum absolute atomic E-state index is 12.0. The Labute approximate surface area is 163 Å². The number of benzene rings is 2. The molecule has 0 bridgehead atoms. The van der Waals surface area contributed by atoms with Gasteiger partial charge in [-0.3, -0.25) is 0 Å². The van der Waals surface area contributed by atoms with E-state index >= 15 is 0 Å². The van der Waals surface area contributed by atoms with E-state index in [0.29, 0.717) is 34.4 Å². The summed E-state index contributed by atoms with van der Waals surface area (Å²) in [5, 5.41) is 0. The summed E-state index contributed by atoms with van der Waals surface area (Å²) in [7, 11) is 1.34. The SMILES string of the molecule is C/C=C(/C(=O)OC)c1ccccc1Oc1cc(Oc2ccccc2C)ncn1. The van der Waals surface area contributed by atoms with Gasteiger partial charge in [0.05, 0.1) is 18.7 Å². The number of methoxy groups -OCH3 is 1. The van der Waals surface area contributed by atoms with Crippen molar-refractivity contribution in [1.82, 2.24) is 9.97 Å². The van der Waals surface area contributed by atoms with Crippen molar-refractivity contribution in [2.45, 2.75) is 13.8 Å². The highest BCUT2D eigenvalue weighted by Crippen LogP contribution is 2.31. The summed E-state index contributed by atoms with van der Waals surface area (Å²) >= 11 is 0. The summed E-state index contributed by atoms with van der Waals surface area (Å²) < 4.78 is 16.6. The van der Waals surface area contributed by atoms with Crippen LogP contribution >= 0.6 is 0 Å². The fourth-order valence-electron chi connectivity index (χ4n) is 2.60. The van der Waals surface area contributed by atoms with Gasteiger partial charge in [-0.25, -0.2) is 14.8 Å². The summed E-state index contributed by atoms with van der Waals surface area (Å²) in [6, 6.07) is 16.4. The lowest BCUT2D eigenvalue weighted by Gasteiger charge is -2.12. The molecule has 1 heterocycles. The third kappa shape index (κ3) is 4.35. The van der Waals surface area contributed by atoms with Gasteiger partial charge in [0, 0.05) is 5.56 Å². The predicted molar refractivity (Wildman–Crippen MR) is 105 cm³/mol. The Morgan fingerprint density at radius 2 is 1.54 bits per heavy atom. The highest BCUT2D eigenvalue weighted by atomic mass is 16.5. The first kappa shape index (κ1) is 19.1. The Bertz CT molecular complexity index is 1010. The number of hydrogen-bond acceptors (Lipinski definition) is 6. The van der Waals surface area contributed by atoms with Gasteiger partial charge in [-0.15, -0.1) is 0 Å². The van der Waals surface area contributed by atoms with Crippen LogP contribution < -0.4 is 9.47 Å². The van der Waals surface area contributed by atoms with Crippen molar-refractivity contribution in [2.24, 2.45) is 0 Å². The molecule has 0 amide bonds. The molecule has 0 aliphatic heterocycles. The second-order valence-corrected chi connectivity index (χ2v) is 5.85. The van der Waals surface area contributed by atoms with E-state index in [9.17, 15) is 4.79 Å². The number of esters is 1. The van der Waals surface area contributed by atoms with Gasteiger partial charge < -0.3 is 14.2 Å². The van der Waals surface area contributed by atoms with Crippen LogP contribution in [-0.4, -0.2) is 23.0 Å². The molecule has 28 heavy (non-hydrogen) atoms. The Hall–Kier alpha value is -3.67. The molecule has 0 aliphatic carbocycles. The van der Waals surface area contributed by atoms with Crippen LogP contribution in [0.3, 0.4) is 0 Å². The van der Waals surface area contributed by atoms with Gasteiger partial charge in [0.15, 0.2) is 0 Å². The van der Waals surface area contributed by atoms with Gasteiger partial charge in [0.25, 0.3) is 0 Å². The molecule has 0 N–H and O–H groups in total. The fraction of sp³-hybridized carbons (Fsp3) is 0.136. The maximum atomic E-state index is 12.0. The number of allylic oxidation sites excluding steroid dienone is 1. The third-order valence-electron chi connectivity index (χ3n) is 4.01. The zero-order chi connectivity index (χ0) is 19.9. The van der Waals surface area contributed by atoms with Crippen LogP contribution in [0, 0.1) is 6.92 Å². The topological polar surface area (TPSA) is 70.5 Å². The van der Waals surface area contributed by atoms with E-state index in [2.05, 4.69) is 9.97 Å². The van der Waals surface area contributed by atoms with Gasteiger partial charge in [-0.2, -0.15) is 0 Å². The Balaban J connectivity index is 1.87. The normalized spacial score (nSPS) is 11.0. The lowest BCUT2D eigenvalue weighted by Crippen LogP contribution is -2.05. The molecule has 0 radical (unpaired) electrons. The molecule has 6 nitrogen and oxygen atoms in total. The number of para-hydroxylation sites is 2. The molecule has 142 valence electrons. The van der Waals surface area contributed by atoms with E-state index in [1.165, 1.54) is 13.4 Å². The average molecular weight is 376 g/mol. The van der Waals surface area contributed by atoms with Crippen molar-refractivity contribution < 1.29 is 19.0 Å². The number of carbonyl (C=O) groups is 1. The number of ether oxygens (including phenoxy) is 3. The van der Waals surface area contributed by atoms with Crippen molar-refractivity contribution in [2.75, 3.05) is 7.11 Å². The lowest BCUT2D eigenvalue weighted by molar-refractivity contribution is -0.133. The molecule has 1 aromatic heterocycles. The highest BCUT2D eigenvalue weighted by molar-refractivity contribution is 6.17. The minimum atomic E-state index is -0.440. The quantitative estimate of drug-likeness (QED) is 0.448. The van der Waals surface area contributed by atoms with E-state index < -0.39 is 5.97 Å². The minimum absolute atomic E-state index is 0.298. The Morgan fingerprint density at radius 3 is 2.18 bits per heavy atom. The monoisotopic (exact) mass is 376 g/mol. The molecule has 0 saturated carbocycles. The van der Waals surface area contributed by atoms with Crippen molar-refractivity contribution in [1.29, 1.82) is 0 Å². The number of hydrogen-bond donors (Lipinski definition) is 0. The Morgan fingerprint density at radius 1 is 0.929 bits per heavy atom. The number of aryl methyl sites for hydroxylation is 1. The molecule has 3 aromatic rings. The first-order valence-corrected chi connectivity index (χ1v) is 8.69. The first-order valence-electron chi connectivity index (χ1n) is 8.69. The first-order chi connectivity index (χ1) is 13.6. The largest absolute Gasteiger partial charge is 0.465 e. The summed E-state index contributed by atoms with van der Waals surface area (Å²) in [6.45, 7) is 3.72. The molecule has 0 aliphatic rings. The van der Waals surface area contributed by atoms with E-state index in [1.807, 2.05) is 43.3 Å². The van der Waals surface area contributed by atoms with Gasteiger partial charge in [0.2, 0.25) is 11.8 Å². The van der Waals surface area contributed by atoms with E-state index in [4.69, 9.17) is 14.2 Å². The van der Waals surface area contributed by atoms with Crippen LogP contribution in [-0.2, 0) is 9.53 Å². The van der Waals surface area contributed by atoms with E-state index in [0.717, 1.165) is 5.56 Å². The molecule has 0 fully saturated rings. The van der Waals surface area contributed by atoms with Gasteiger partial charge in [-0.1, -0.05) is 42.5 Å². The molecule has 3 rings (SSSR count). The number of carbonyl (C=O) groups excluding carboxylic acids is 1. The maximum Gasteiger partial charge on any atom is 0.338 e. The average Bonchev–Trinajstić information content (AvgIpc) is 2.71. The van der Waals surface area contributed by atoms with Crippen LogP contribution in [0.15, 0.2) is 67.0 Å². The van der Waals surface area contributed by atoms with Gasteiger partial charge >= 0.3 is 5.97 Å². The molecular formula is C22H20N2O4. The summed E-state index contributed by atoms with van der Waals surface area (Å²) in [5.41, 5.74) is 2.00. The zero-order valence-corrected chi connectivity index (χ0v) is 15.9. The van der Waals surface area contributed by atoms with E-state index in [-0.39, 0.29) is 0 Å². The molecule has 2 aromatic carbocycles. The third-order valence-corrected chi connectivity index (χ3v) is 4.01. The van der Waals surface area contributed by atoms with Crippen molar-refractivity contribution in [3.05, 3.63) is 78.1 Å². The summed E-state index contributed by atoms with van der Waals surface area (Å²) in [4.78, 5) is 20.3. The fourth-order valence-corrected chi connectivity index (χ4v) is 2.60. The molecule has 0 spiro atoms. The van der Waals surface area contributed by atoms with Crippen molar-refractivity contribution in [3.8, 4) is 23.3 Å². The number of rotatable bonds is 6. The number of nitrogens with zero attached hydrogens (tertiary/aromatic N) is 2. The highest BCUT2D eigenvalue weighted by Gasteiger charge is 2.17. The second kappa shape index (κ2) is 8.81. The van der Waals surface area contributed by atoms with Crippen LogP contribution in [0.1, 0.15) is 18.1 Å². The van der Waals surface area contributed by atoms with Crippen molar-refractivity contribution in [3.63, 3.8) is 0 Å². The van der Waals surface area contributed by atoms with Crippen LogP contribution in [0.25, 0.3) is 5.57 Å². The molecule has 0 unspecified atom stereocenters. The number of aromatic nitrogens is 2. The summed E-state index contributed by atoms with van der Waals surface area (Å²) in [5.74, 6) is 1.39. The predicted octanol–water partition coefficient (Wildman–Crippen LogP) is 4.95. The smallest absolute Gasteiger partial charge is 0.338 e. The molecule has 0 atom stereocenters. The summed E-state index contributed by atoms with van der Waals surface area (Å²) in [6.07, 6.45) is 3.04. The Kier molecular flexibility index (Phi) is 6.01. The van der Waals surface area contributed by atoms with E-state index in [1.54, 1.807) is 31.2 Å². The van der Waals surface area contributed by atoms with Crippen molar-refractivity contribution >= 4 is 11.5 Å². The zero-order valence-electron chi connectivity index (χ0n) is 15.9. The van der Waals surface area contributed by atoms with Crippen LogP contribution in [0.5, 0.6) is 23.3 Å². The van der Waals surface area contributed by atoms with Crippen LogP contribution in [0.2, 0.25) is 0 Å². The molecule has 6 heteroatoms. The molecular weight excluding hydrogens is 356 g/mol. The lowest BCUT2D eigenvalue weighted by atomic mass is 10.0.